The van der Waals surface area contributed by atoms with Gasteiger partial charge in [-0.3, -0.25) is 14.6 Å². The van der Waals surface area contributed by atoms with Gasteiger partial charge in [-0.1, -0.05) is 6.07 Å². The second kappa shape index (κ2) is 9.31. The molecule has 10 heteroatoms. The van der Waals surface area contributed by atoms with E-state index >= 15 is 0 Å². The number of aromatic nitrogens is 1. The summed E-state index contributed by atoms with van der Waals surface area (Å²) in [5.41, 5.74) is 7.11. The normalized spacial score (nSPS) is 19.1. The molecule has 2 amide bonds. The summed E-state index contributed by atoms with van der Waals surface area (Å²) >= 11 is 0. The van der Waals surface area contributed by atoms with E-state index in [-0.39, 0.29) is 24.6 Å². The molecule has 1 unspecified atom stereocenters. The summed E-state index contributed by atoms with van der Waals surface area (Å²) in [7, 11) is 2.09. The fraction of sp³-hybridized carbons (Fsp3) is 0.364. The standard InChI is InChI=1S/C22H26FN7O2/c1-28-9-11-29(12-10-28)21-15(3-2-8-25-21)14-26-22(32)18-13-19(20(24)31)30(27-18)17-6-4-16(23)5-7-17/h2-8,19H,9-14H2,1H3,(H2,24,31)(H,26,32). The number of amides is 2. The van der Waals surface area contributed by atoms with Gasteiger partial charge in [0.15, 0.2) is 0 Å². The quantitative estimate of drug-likeness (QED) is 0.687. The summed E-state index contributed by atoms with van der Waals surface area (Å²) < 4.78 is 13.3. The fourth-order valence-electron chi connectivity index (χ4n) is 3.85. The van der Waals surface area contributed by atoms with Crippen molar-refractivity contribution in [2.45, 2.75) is 19.0 Å². The number of likely N-dealkylation sites (N-methyl/N-ethyl adjacent to an activating group) is 1. The Morgan fingerprint density at radius 2 is 1.88 bits per heavy atom. The van der Waals surface area contributed by atoms with E-state index in [4.69, 9.17) is 5.73 Å². The lowest BCUT2D eigenvalue weighted by atomic mass is 10.1. The predicted molar refractivity (Wildman–Crippen MR) is 120 cm³/mol. The third kappa shape index (κ3) is 4.70. The highest BCUT2D eigenvalue weighted by molar-refractivity contribution is 6.40. The van der Waals surface area contributed by atoms with Crippen LogP contribution in [0.5, 0.6) is 0 Å². The maximum atomic E-state index is 13.3. The Balaban J connectivity index is 1.46. The first-order chi connectivity index (χ1) is 15.4. The number of piperazine rings is 1. The Hall–Kier alpha value is -3.53. The molecular formula is C22H26FN7O2. The molecule has 0 saturated carbocycles. The molecule has 4 rings (SSSR count). The van der Waals surface area contributed by atoms with Gasteiger partial charge < -0.3 is 20.9 Å². The second-order valence-electron chi connectivity index (χ2n) is 7.95. The molecule has 0 spiro atoms. The highest BCUT2D eigenvalue weighted by Crippen LogP contribution is 2.25. The Kier molecular flexibility index (Phi) is 6.31. The summed E-state index contributed by atoms with van der Waals surface area (Å²) in [6, 6.07) is 8.50. The Morgan fingerprint density at radius 1 is 1.16 bits per heavy atom. The first-order valence-electron chi connectivity index (χ1n) is 10.5. The molecule has 2 aliphatic heterocycles. The van der Waals surface area contributed by atoms with Crippen molar-refractivity contribution >= 4 is 29.0 Å². The van der Waals surface area contributed by atoms with Crippen molar-refractivity contribution in [2.75, 3.05) is 43.1 Å². The first kappa shape index (κ1) is 21.7. The van der Waals surface area contributed by atoms with Gasteiger partial charge in [-0.05, 0) is 37.4 Å². The lowest BCUT2D eigenvalue weighted by Gasteiger charge is -2.34. The summed E-state index contributed by atoms with van der Waals surface area (Å²) in [5, 5.41) is 8.56. The van der Waals surface area contributed by atoms with Crippen LogP contribution in [0.3, 0.4) is 0 Å². The smallest absolute Gasteiger partial charge is 0.267 e. The van der Waals surface area contributed by atoms with Crippen LogP contribution in [0.2, 0.25) is 0 Å². The van der Waals surface area contributed by atoms with Gasteiger partial charge in [-0.25, -0.2) is 9.37 Å². The number of pyridine rings is 1. The van der Waals surface area contributed by atoms with Gasteiger partial charge in [0.25, 0.3) is 5.91 Å². The van der Waals surface area contributed by atoms with Crippen LogP contribution in [0, 0.1) is 5.82 Å². The summed E-state index contributed by atoms with van der Waals surface area (Å²) in [5.74, 6) is -0.533. The number of hydrogen-bond donors (Lipinski definition) is 2. The van der Waals surface area contributed by atoms with Crippen molar-refractivity contribution in [3.05, 3.63) is 54.0 Å². The van der Waals surface area contributed by atoms with Crippen molar-refractivity contribution in [3.63, 3.8) is 0 Å². The third-order valence-electron chi connectivity index (χ3n) is 5.70. The highest BCUT2D eigenvalue weighted by Gasteiger charge is 2.35. The number of rotatable bonds is 6. The van der Waals surface area contributed by atoms with Crippen LogP contribution in [0.1, 0.15) is 12.0 Å². The molecule has 3 heterocycles. The average molecular weight is 439 g/mol. The fourth-order valence-corrected chi connectivity index (χ4v) is 3.85. The van der Waals surface area contributed by atoms with Gasteiger partial charge in [0.05, 0.1) is 5.69 Å². The molecule has 1 aromatic heterocycles. The van der Waals surface area contributed by atoms with Gasteiger partial charge in [0.1, 0.15) is 23.4 Å². The zero-order valence-electron chi connectivity index (χ0n) is 17.9. The Bertz CT molecular complexity index is 1020. The van der Waals surface area contributed by atoms with Crippen molar-refractivity contribution in [3.8, 4) is 0 Å². The van der Waals surface area contributed by atoms with E-state index in [1.54, 1.807) is 6.20 Å². The second-order valence-corrected chi connectivity index (χ2v) is 7.95. The molecule has 1 saturated heterocycles. The SMILES string of the molecule is CN1CCN(c2ncccc2CNC(=O)C2=NN(c3ccc(F)cc3)C(C(N)=O)C2)CC1. The van der Waals surface area contributed by atoms with Crippen LogP contribution in [-0.4, -0.2) is 66.7 Å². The number of halogens is 1. The zero-order valence-corrected chi connectivity index (χ0v) is 17.9. The maximum Gasteiger partial charge on any atom is 0.267 e. The molecule has 0 aliphatic carbocycles. The van der Waals surface area contributed by atoms with Crippen molar-refractivity contribution in [2.24, 2.45) is 10.8 Å². The number of carbonyl (C=O) groups is 2. The number of hydrazone groups is 1. The monoisotopic (exact) mass is 439 g/mol. The third-order valence-corrected chi connectivity index (χ3v) is 5.70. The van der Waals surface area contributed by atoms with Crippen molar-refractivity contribution in [1.82, 2.24) is 15.2 Å². The van der Waals surface area contributed by atoms with Gasteiger partial charge >= 0.3 is 0 Å². The first-order valence-corrected chi connectivity index (χ1v) is 10.5. The van der Waals surface area contributed by atoms with E-state index < -0.39 is 17.8 Å². The Labute approximate surface area is 185 Å². The minimum absolute atomic E-state index is 0.0803. The van der Waals surface area contributed by atoms with Crippen LogP contribution in [0.15, 0.2) is 47.7 Å². The number of carbonyl (C=O) groups excluding carboxylic acids is 2. The van der Waals surface area contributed by atoms with E-state index in [0.717, 1.165) is 37.6 Å². The highest BCUT2D eigenvalue weighted by atomic mass is 19.1. The molecular weight excluding hydrogens is 413 g/mol. The van der Waals surface area contributed by atoms with E-state index in [9.17, 15) is 14.0 Å². The topological polar surface area (TPSA) is 107 Å². The number of hydrogen-bond acceptors (Lipinski definition) is 7. The van der Waals surface area contributed by atoms with Crippen molar-refractivity contribution in [1.29, 1.82) is 0 Å². The van der Waals surface area contributed by atoms with Crippen LogP contribution in [-0.2, 0) is 16.1 Å². The summed E-state index contributed by atoms with van der Waals surface area (Å²) in [6.45, 7) is 3.92. The minimum Gasteiger partial charge on any atom is -0.368 e. The predicted octanol–water partition coefficient (Wildman–Crippen LogP) is 0.709. The molecule has 32 heavy (non-hydrogen) atoms. The number of nitrogens with one attached hydrogen (secondary N) is 1. The lowest BCUT2D eigenvalue weighted by molar-refractivity contribution is -0.119. The molecule has 2 aromatic rings. The number of nitrogens with zero attached hydrogens (tertiary/aromatic N) is 5. The molecule has 2 aliphatic rings. The van der Waals surface area contributed by atoms with Crippen LogP contribution in [0.4, 0.5) is 15.9 Å². The summed E-state index contributed by atoms with van der Waals surface area (Å²) in [4.78, 5) is 33.8. The molecule has 3 N–H and O–H groups in total. The largest absolute Gasteiger partial charge is 0.368 e. The van der Waals surface area contributed by atoms with Gasteiger partial charge in [-0.2, -0.15) is 5.10 Å². The number of nitrogens with two attached hydrogens (primary N) is 1. The van der Waals surface area contributed by atoms with Crippen LogP contribution >= 0.6 is 0 Å². The van der Waals surface area contributed by atoms with E-state index in [1.807, 2.05) is 12.1 Å². The molecule has 0 radical (unpaired) electrons. The number of primary amides is 1. The lowest BCUT2D eigenvalue weighted by Crippen LogP contribution is -2.45. The van der Waals surface area contributed by atoms with Crippen LogP contribution in [0.25, 0.3) is 0 Å². The number of benzene rings is 1. The zero-order chi connectivity index (χ0) is 22.7. The van der Waals surface area contributed by atoms with Gasteiger partial charge in [0.2, 0.25) is 5.91 Å². The molecule has 168 valence electrons. The maximum absolute atomic E-state index is 13.3. The summed E-state index contributed by atoms with van der Waals surface area (Å²) in [6.07, 6.45) is 1.83. The van der Waals surface area contributed by atoms with Crippen molar-refractivity contribution < 1.29 is 14.0 Å². The van der Waals surface area contributed by atoms with Gasteiger partial charge in [0, 0.05) is 50.9 Å². The van der Waals surface area contributed by atoms with E-state index in [1.165, 1.54) is 29.3 Å². The van der Waals surface area contributed by atoms with Crippen LogP contribution < -0.4 is 21.0 Å². The number of anilines is 2. The van der Waals surface area contributed by atoms with E-state index in [2.05, 4.69) is 32.2 Å². The minimum atomic E-state index is -0.805. The molecule has 1 fully saturated rings. The molecule has 1 atom stereocenters. The average Bonchev–Trinajstić information content (AvgIpc) is 3.25. The molecule has 1 aromatic carbocycles. The molecule has 9 nitrogen and oxygen atoms in total. The molecule has 0 bridgehead atoms. The van der Waals surface area contributed by atoms with E-state index in [0.29, 0.717) is 5.69 Å². The Morgan fingerprint density at radius 3 is 2.56 bits per heavy atom. The van der Waals surface area contributed by atoms with Gasteiger partial charge in [-0.15, -0.1) is 0 Å².